The van der Waals surface area contributed by atoms with Crippen molar-refractivity contribution in [1.82, 2.24) is 15.1 Å². The number of hydrogen-bond acceptors (Lipinski definition) is 6. The molecule has 5 rings (SSSR count). The molecule has 0 aliphatic carbocycles. The highest BCUT2D eigenvalue weighted by atomic mass is 16.5. The summed E-state index contributed by atoms with van der Waals surface area (Å²) in [4.78, 5) is 41.1. The second kappa shape index (κ2) is 9.33. The summed E-state index contributed by atoms with van der Waals surface area (Å²) >= 11 is 0. The van der Waals surface area contributed by atoms with Crippen molar-refractivity contribution in [2.45, 2.75) is 38.6 Å². The second-order valence-corrected chi connectivity index (χ2v) is 8.45. The molecule has 0 spiro atoms. The van der Waals surface area contributed by atoms with Gasteiger partial charge in [-0.2, -0.15) is 0 Å². The van der Waals surface area contributed by atoms with E-state index in [1.165, 1.54) is 10.5 Å². The average Bonchev–Trinajstić information content (AvgIpc) is 3.22. The highest BCUT2D eigenvalue weighted by Gasteiger charge is 2.40. The van der Waals surface area contributed by atoms with Gasteiger partial charge in [-0.3, -0.25) is 24.6 Å². The fourth-order valence-corrected chi connectivity index (χ4v) is 4.43. The molecule has 172 valence electrons. The van der Waals surface area contributed by atoms with E-state index in [0.717, 1.165) is 38.4 Å². The summed E-state index contributed by atoms with van der Waals surface area (Å²) in [7, 11) is 0. The van der Waals surface area contributed by atoms with Crippen molar-refractivity contribution < 1.29 is 26.6 Å². The standard InChI is InChI=1S/C25H27N3O5/c29-23-9-8-21(24(30)26-23)28-15-20-19(25(28)31)2-1-3-22(20)33-16-18-6-4-17(5-7-18)14-27-10-12-32-13-11-27/h1-7,21H,8-16H2,(H,26,29,30)/i9D/hD. The van der Waals surface area contributed by atoms with Crippen LogP contribution in [0.3, 0.4) is 0 Å². The average molecular weight is 452 g/mol. The highest BCUT2D eigenvalue weighted by Crippen LogP contribution is 2.34. The van der Waals surface area contributed by atoms with Crippen molar-refractivity contribution in [1.29, 1.82) is 0 Å². The van der Waals surface area contributed by atoms with Crippen LogP contribution in [-0.2, 0) is 34.0 Å². The molecule has 2 aromatic carbocycles. The van der Waals surface area contributed by atoms with E-state index < -0.39 is 24.3 Å². The molecule has 3 aliphatic heterocycles. The topological polar surface area (TPSA) is 88.2 Å². The van der Waals surface area contributed by atoms with Crippen molar-refractivity contribution in [3.63, 3.8) is 0 Å². The van der Waals surface area contributed by atoms with Crippen molar-refractivity contribution in [3.05, 3.63) is 64.7 Å². The minimum atomic E-state index is -1.24. The molecule has 2 aromatic rings. The fourth-order valence-electron chi connectivity index (χ4n) is 4.43. The van der Waals surface area contributed by atoms with Gasteiger partial charge in [0.05, 0.1) is 19.8 Å². The molecule has 0 saturated carbocycles. The Bertz CT molecular complexity index is 1140. The van der Waals surface area contributed by atoms with Crippen molar-refractivity contribution in [2.24, 2.45) is 0 Å². The number of morpholine rings is 1. The highest BCUT2D eigenvalue weighted by molar-refractivity contribution is 6.05. The number of piperidine rings is 1. The Hall–Kier alpha value is -3.23. The summed E-state index contributed by atoms with van der Waals surface area (Å²) in [5.74, 6) is -1.44. The molecule has 33 heavy (non-hydrogen) atoms. The van der Waals surface area contributed by atoms with Crippen LogP contribution in [0.2, 0.25) is 1.41 Å². The van der Waals surface area contributed by atoms with Crippen LogP contribution in [-0.4, -0.2) is 59.9 Å². The summed E-state index contributed by atoms with van der Waals surface area (Å²) in [6.07, 6.45) is -1.35. The van der Waals surface area contributed by atoms with E-state index in [2.05, 4.69) is 17.0 Å². The Kier molecular flexibility index (Phi) is 5.44. The van der Waals surface area contributed by atoms with Gasteiger partial charge in [-0.15, -0.1) is 0 Å². The quantitative estimate of drug-likeness (QED) is 0.675. The maximum atomic E-state index is 13.0. The number of nitrogens with one attached hydrogen (secondary N) is 1. The molecule has 2 unspecified atom stereocenters. The van der Waals surface area contributed by atoms with Gasteiger partial charge in [0.25, 0.3) is 5.91 Å². The van der Waals surface area contributed by atoms with Crippen LogP contribution in [0.5, 0.6) is 5.75 Å². The first-order valence-electron chi connectivity index (χ1n) is 12.2. The number of carbonyl (C=O) groups excluding carboxylic acids is 3. The lowest BCUT2D eigenvalue weighted by Crippen LogP contribution is -2.52. The van der Waals surface area contributed by atoms with Gasteiger partial charge in [0, 0.05) is 38.5 Å². The van der Waals surface area contributed by atoms with E-state index in [9.17, 15) is 14.4 Å². The molecule has 2 atom stereocenters. The van der Waals surface area contributed by atoms with Crippen molar-refractivity contribution in [2.75, 3.05) is 26.3 Å². The van der Waals surface area contributed by atoms with Crippen molar-refractivity contribution >= 4 is 17.7 Å². The molecule has 3 heterocycles. The molecule has 8 heteroatoms. The largest absolute Gasteiger partial charge is 0.489 e. The number of ether oxygens (including phenoxy) is 2. The zero-order valence-corrected chi connectivity index (χ0v) is 18.2. The molecule has 8 nitrogen and oxygen atoms in total. The zero-order valence-electron chi connectivity index (χ0n) is 20.2. The summed E-state index contributed by atoms with van der Waals surface area (Å²) in [5.41, 5.74) is 3.33. The number of nitrogens with zero attached hydrogens (tertiary/aromatic N) is 2. The minimum Gasteiger partial charge on any atom is -0.489 e. The second-order valence-electron chi connectivity index (χ2n) is 8.45. The lowest BCUT2D eigenvalue weighted by atomic mass is 10.0. The third-order valence-electron chi connectivity index (χ3n) is 6.28. The maximum absolute atomic E-state index is 13.0. The number of hydrogen-bond donors (Lipinski definition) is 1. The third kappa shape index (κ3) is 4.62. The fraction of sp³-hybridized carbons (Fsp3) is 0.400. The van der Waals surface area contributed by atoms with Crippen LogP contribution in [0, 0.1) is 0 Å². The lowest BCUT2D eigenvalue weighted by Gasteiger charge is -2.29. The van der Waals surface area contributed by atoms with Gasteiger partial charge in [0.1, 0.15) is 18.4 Å². The smallest absolute Gasteiger partial charge is 0.255 e. The SMILES string of the molecule is [2H]C1CC(N2Cc3c(OCc4ccc(CN5CCOCC5)cc4)cccc3C2=O)C(=O)N([2H])C1=O. The summed E-state index contributed by atoms with van der Waals surface area (Å²) < 4.78 is 27.0. The molecule has 0 radical (unpaired) electrons. The van der Waals surface area contributed by atoms with Crippen LogP contribution < -0.4 is 10.0 Å². The maximum Gasteiger partial charge on any atom is 0.255 e. The molecular formula is C25H27N3O5. The molecule has 2 fully saturated rings. The number of fused-ring (bicyclic) bond motifs is 1. The van der Waals surface area contributed by atoms with Crippen LogP contribution in [0.4, 0.5) is 0 Å². The van der Waals surface area contributed by atoms with Gasteiger partial charge < -0.3 is 14.4 Å². The molecule has 3 amide bonds. The van der Waals surface area contributed by atoms with Crippen LogP contribution in [0.15, 0.2) is 42.5 Å². The molecule has 0 aromatic heterocycles. The Morgan fingerprint density at radius 3 is 2.64 bits per heavy atom. The number of rotatable bonds is 6. The predicted molar refractivity (Wildman–Crippen MR) is 119 cm³/mol. The number of imide groups is 1. The van der Waals surface area contributed by atoms with E-state index in [1.54, 1.807) is 18.2 Å². The summed E-state index contributed by atoms with van der Waals surface area (Å²) in [5, 5.41) is 0.211. The van der Waals surface area contributed by atoms with Gasteiger partial charge >= 0.3 is 0 Å². The predicted octanol–water partition coefficient (Wildman–Crippen LogP) is 1.86. The van der Waals surface area contributed by atoms with Crippen LogP contribution in [0.25, 0.3) is 0 Å². The summed E-state index contributed by atoms with van der Waals surface area (Å²) in [6.45, 7) is 4.75. The molecule has 3 aliphatic rings. The number of carbonyl (C=O) groups is 3. The lowest BCUT2D eigenvalue weighted by molar-refractivity contribution is -0.136. The Morgan fingerprint density at radius 1 is 1.09 bits per heavy atom. The zero-order chi connectivity index (χ0) is 24.5. The normalized spacial score (nSPS) is 24.5. The minimum absolute atomic E-state index is 0.111. The van der Waals surface area contributed by atoms with Gasteiger partial charge in [-0.1, -0.05) is 30.3 Å². The molecule has 1 N–H and O–H groups in total. The molecule has 0 bridgehead atoms. The Morgan fingerprint density at radius 2 is 1.85 bits per heavy atom. The van der Waals surface area contributed by atoms with Crippen LogP contribution >= 0.6 is 0 Å². The Labute approximate surface area is 195 Å². The van der Waals surface area contributed by atoms with Gasteiger partial charge in [0.15, 0.2) is 1.41 Å². The monoisotopic (exact) mass is 451 g/mol. The van der Waals surface area contributed by atoms with Gasteiger partial charge in [0.2, 0.25) is 11.8 Å². The first kappa shape index (κ1) is 19.3. The van der Waals surface area contributed by atoms with Crippen LogP contribution in [0.1, 0.15) is 41.2 Å². The third-order valence-corrected chi connectivity index (χ3v) is 6.28. The first-order chi connectivity index (χ1) is 16.9. The van der Waals surface area contributed by atoms with E-state index in [0.29, 0.717) is 23.5 Å². The van der Waals surface area contributed by atoms with E-state index in [-0.39, 0.29) is 24.2 Å². The first-order valence-corrected chi connectivity index (χ1v) is 11.1. The van der Waals surface area contributed by atoms with Gasteiger partial charge in [-0.25, -0.2) is 0 Å². The van der Waals surface area contributed by atoms with E-state index in [1.807, 2.05) is 12.1 Å². The number of benzene rings is 2. The Balaban J connectivity index is 1.25. The summed E-state index contributed by atoms with van der Waals surface area (Å²) in [6, 6.07) is 12.4. The molecule has 2 saturated heterocycles. The van der Waals surface area contributed by atoms with Crippen molar-refractivity contribution in [3.8, 4) is 5.75 Å². The number of amides is 3. The van der Waals surface area contributed by atoms with E-state index >= 15 is 0 Å². The van der Waals surface area contributed by atoms with Gasteiger partial charge in [-0.05, 0) is 29.7 Å². The molecular weight excluding hydrogens is 422 g/mol. The van der Waals surface area contributed by atoms with E-state index in [4.69, 9.17) is 12.3 Å².